The predicted molar refractivity (Wildman–Crippen MR) is 152 cm³/mol. The molecule has 210 valence electrons. The highest BCUT2D eigenvalue weighted by Gasteiger charge is 2.36. The Bertz CT molecular complexity index is 1320. The molecule has 2 atom stereocenters. The van der Waals surface area contributed by atoms with E-state index >= 15 is 0 Å². The monoisotopic (exact) mass is 592 g/mol. The number of hydrogen-bond donors (Lipinski definition) is 1. The Balaban J connectivity index is 1.21. The van der Waals surface area contributed by atoms with Gasteiger partial charge < -0.3 is 14.7 Å². The molecule has 3 saturated heterocycles. The fraction of sp³-hybridized carbons (Fsp3) is 0.500. The number of piperidine rings is 1. The van der Waals surface area contributed by atoms with Gasteiger partial charge in [0.2, 0.25) is 21.8 Å². The Labute approximate surface area is 240 Å². The van der Waals surface area contributed by atoms with Crippen molar-refractivity contribution in [3.63, 3.8) is 0 Å². The van der Waals surface area contributed by atoms with E-state index in [1.807, 2.05) is 4.90 Å². The lowest BCUT2D eigenvalue weighted by atomic mass is 10.1. The minimum absolute atomic E-state index is 0.00981. The number of nitrogens with zero attached hydrogens (tertiary/aromatic N) is 3. The Kier molecular flexibility index (Phi) is 8.83. The number of halogens is 2. The molecule has 0 aliphatic carbocycles. The molecule has 11 heteroatoms. The Morgan fingerprint density at radius 3 is 2.36 bits per heavy atom. The van der Waals surface area contributed by atoms with Crippen molar-refractivity contribution in [1.29, 1.82) is 0 Å². The van der Waals surface area contributed by atoms with E-state index in [0.29, 0.717) is 36.0 Å². The first kappa shape index (κ1) is 28.4. The van der Waals surface area contributed by atoms with E-state index in [-0.39, 0.29) is 29.3 Å². The quantitative estimate of drug-likeness (QED) is 0.500. The van der Waals surface area contributed by atoms with Gasteiger partial charge in [0.15, 0.2) is 0 Å². The van der Waals surface area contributed by atoms with Crippen LogP contribution in [0.3, 0.4) is 0 Å². The van der Waals surface area contributed by atoms with E-state index in [1.165, 1.54) is 29.9 Å². The van der Waals surface area contributed by atoms with Gasteiger partial charge in [0.25, 0.3) is 0 Å². The number of sulfonamides is 1. The van der Waals surface area contributed by atoms with Gasteiger partial charge in [-0.1, -0.05) is 41.4 Å². The molecule has 2 aromatic carbocycles. The van der Waals surface area contributed by atoms with E-state index in [0.717, 1.165) is 43.6 Å². The number of nitrogens with one attached hydrogen (secondary N) is 1. The summed E-state index contributed by atoms with van der Waals surface area (Å²) in [6, 6.07) is 10.7. The molecule has 0 aromatic heterocycles. The van der Waals surface area contributed by atoms with Gasteiger partial charge in [0, 0.05) is 41.3 Å². The topological polar surface area (TPSA) is 90.0 Å². The Morgan fingerprint density at radius 2 is 1.64 bits per heavy atom. The van der Waals surface area contributed by atoms with Crippen LogP contribution in [0, 0.1) is 0 Å². The van der Waals surface area contributed by atoms with Crippen LogP contribution in [0.15, 0.2) is 47.4 Å². The lowest BCUT2D eigenvalue weighted by Gasteiger charge is -2.34. The molecule has 0 bridgehead atoms. The van der Waals surface area contributed by atoms with Crippen LogP contribution in [0.1, 0.15) is 38.5 Å². The maximum Gasteiger partial charge on any atom is 0.242 e. The standard InChI is InChI=1S/C28H34Cl2N4O4S/c29-21-9-12-24(25(30)17-21)20-7-10-23(11-8-20)39(37,38)31-26-6-4-15-33(28(26)36)19-27(35)34-16-3-5-22(34)18-32-13-1-2-14-32/h7-12,17,22,26,31H,1-6,13-16,18-19H2. The van der Waals surface area contributed by atoms with Crippen molar-refractivity contribution in [1.82, 2.24) is 19.4 Å². The zero-order valence-corrected chi connectivity index (χ0v) is 24.1. The van der Waals surface area contributed by atoms with Crippen LogP contribution < -0.4 is 4.72 Å². The predicted octanol–water partition coefficient (Wildman–Crippen LogP) is 4.02. The zero-order valence-electron chi connectivity index (χ0n) is 21.8. The SMILES string of the molecule is O=C1C(NS(=O)(=O)c2ccc(-c3ccc(Cl)cc3Cl)cc2)CCCN1CC(=O)N1CCCC1CN1CCCC1. The van der Waals surface area contributed by atoms with E-state index in [9.17, 15) is 18.0 Å². The van der Waals surface area contributed by atoms with Gasteiger partial charge in [-0.3, -0.25) is 9.59 Å². The second-order valence-electron chi connectivity index (χ2n) is 10.6. The third-order valence-corrected chi connectivity index (χ3v) is 9.96. The second kappa shape index (κ2) is 12.1. The summed E-state index contributed by atoms with van der Waals surface area (Å²) >= 11 is 12.3. The van der Waals surface area contributed by atoms with Crippen molar-refractivity contribution in [3.05, 3.63) is 52.5 Å². The lowest BCUT2D eigenvalue weighted by Crippen LogP contribution is -2.55. The summed E-state index contributed by atoms with van der Waals surface area (Å²) in [6.07, 6.45) is 5.40. The van der Waals surface area contributed by atoms with Crippen LogP contribution in [0.5, 0.6) is 0 Å². The molecule has 3 aliphatic rings. The van der Waals surface area contributed by atoms with Crippen molar-refractivity contribution in [2.75, 3.05) is 39.3 Å². The maximum absolute atomic E-state index is 13.2. The number of rotatable bonds is 8. The van der Waals surface area contributed by atoms with Gasteiger partial charge in [-0.05, 0) is 81.4 Å². The molecule has 0 saturated carbocycles. The van der Waals surface area contributed by atoms with E-state index in [2.05, 4.69) is 9.62 Å². The second-order valence-corrected chi connectivity index (χ2v) is 13.2. The van der Waals surface area contributed by atoms with Crippen LogP contribution in [-0.4, -0.2) is 86.3 Å². The minimum Gasteiger partial charge on any atom is -0.337 e. The summed E-state index contributed by atoms with van der Waals surface area (Å²) in [5.41, 5.74) is 1.49. The number of amides is 2. The van der Waals surface area contributed by atoms with Crippen molar-refractivity contribution < 1.29 is 18.0 Å². The molecule has 8 nitrogen and oxygen atoms in total. The van der Waals surface area contributed by atoms with Crippen LogP contribution in [-0.2, 0) is 19.6 Å². The van der Waals surface area contributed by atoms with Crippen molar-refractivity contribution in [3.8, 4) is 11.1 Å². The molecule has 2 amide bonds. The number of hydrogen-bond acceptors (Lipinski definition) is 5. The van der Waals surface area contributed by atoms with Gasteiger partial charge in [0.05, 0.1) is 11.4 Å². The first-order chi connectivity index (χ1) is 18.7. The molecule has 3 fully saturated rings. The fourth-order valence-electron chi connectivity index (χ4n) is 5.87. The van der Waals surface area contributed by atoms with Gasteiger partial charge in [0.1, 0.15) is 6.04 Å². The highest BCUT2D eigenvalue weighted by molar-refractivity contribution is 7.89. The van der Waals surface area contributed by atoms with E-state index < -0.39 is 16.1 Å². The van der Waals surface area contributed by atoms with Crippen LogP contribution >= 0.6 is 23.2 Å². The summed E-state index contributed by atoms with van der Waals surface area (Å²) in [7, 11) is -3.95. The van der Waals surface area contributed by atoms with Crippen LogP contribution in [0.2, 0.25) is 10.0 Å². The Hall–Kier alpha value is -2.17. The normalized spacial score (nSPS) is 22.6. The number of likely N-dealkylation sites (tertiary alicyclic amines) is 3. The number of carbonyl (C=O) groups is 2. The molecular formula is C28H34Cl2N4O4S. The summed E-state index contributed by atoms with van der Waals surface area (Å²) in [6.45, 7) is 4.22. The number of carbonyl (C=O) groups excluding carboxylic acids is 2. The molecule has 3 aliphatic heterocycles. The molecule has 2 unspecified atom stereocenters. The van der Waals surface area contributed by atoms with Gasteiger partial charge in [-0.15, -0.1) is 0 Å². The molecule has 0 radical (unpaired) electrons. The minimum atomic E-state index is -3.95. The largest absolute Gasteiger partial charge is 0.337 e. The highest BCUT2D eigenvalue weighted by atomic mass is 35.5. The molecule has 2 aromatic rings. The molecule has 0 spiro atoms. The first-order valence-corrected chi connectivity index (χ1v) is 15.8. The average molecular weight is 594 g/mol. The fourth-order valence-corrected chi connectivity index (χ4v) is 7.61. The number of benzene rings is 2. The van der Waals surface area contributed by atoms with Crippen LogP contribution in [0.4, 0.5) is 0 Å². The summed E-state index contributed by atoms with van der Waals surface area (Å²) in [4.78, 5) is 32.4. The van der Waals surface area contributed by atoms with Crippen LogP contribution in [0.25, 0.3) is 11.1 Å². The third-order valence-electron chi connectivity index (χ3n) is 7.93. The van der Waals surface area contributed by atoms with Crippen molar-refractivity contribution in [2.45, 2.75) is 55.5 Å². The molecule has 1 N–H and O–H groups in total. The van der Waals surface area contributed by atoms with Gasteiger partial charge in [-0.25, -0.2) is 8.42 Å². The molecule has 39 heavy (non-hydrogen) atoms. The van der Waals surface area contributed by atoms with Gasteiger partial charge in [-0.2, -0.15) is 4.72 Å². The van der Waals surface area contributed by atoms with Crippen molar-refractivity contribution >= 4 is 45.0 Å². The van der Waals surface area contributed by atoms with Crippen molar-refractivity contribution in [2.24, 2.45) is 0 Å². The summed E-state index contributed by atoms with van der Waals surface area (Å²) in [5.74, 6) is -0.400. The maximum atomic E-state index is 13.2. The first-order valence-electron chi connectivity index (χ1n) is 13.6. The zero-order chi connectivity index (χ0) is 27.6. The lowest BCUT2D eigenvalue weighted by molar-refractivity contribution is -0.143. The van der Waals surface area contributed by atoms with E-state index in [4.69, 9.17) is 23.2 Å². The molecule has 3 heterocycles. The Morgan fingerprint density at radius 1 is 0.923 bits per heavy atom. The average Bonchev–Trinajstić information content (AvgIpc) is 3.59. The smallest absolute Gasteiger partial charge is 0.242 e. The third kappa shape index (κ3) is 6.60. The van der Waals surface area contributed by atoms with E-state index in [1.54, 1.807) is 30.3 Å². The highest BCUT2D eigenvalue weighted by Crippen LogP contribution is 2.31. The molecular weight excluding hydrogens is 559 g/mol. The van der Waals surface area contributed by atoms with Gasteiger partial charge >= 0.3 is 0 Å². The molecule has 5 rings (SSSR count). The summed E-state index contributed by atoms with van der Waals surface area (Å²) in [5, 5.41) is 0.984. The summed E-state index contributed by atoms with van der Waals surface area (Å²) < 4.78 is 28.9.